The maximum absolute atomic E-state index is 10.7. The molecule has 0 heterocycles. The van der Waals surface area contributed by atoms with Crippen LogP contribution in [0.4, 0.5) is 11.4 Å². The molecule has 0 saturated carbocycles. The minimum Gasteiger partial charge on any atom is -0.480 e. The number of nitro benzene ring substituents is 1. The van der Waals surface area contributed by atoms with Crippen LogP contribution in [0.5, 0.6) is 0 Å². The van der Waals surface area contributed by atoms with Crippen molar-refractivity contribution in [2.24, 2.45) is 5.10 Å². The van der Waals surface area contributed by atoms with Gasteiger partial charge in [0.2, 0.25) is 5.90 Å². The van der Waals surface area contributed by atoms with Gasteiger partial charge in [0, 0.05) is 18.0 Å². The number of hydrogen-bond donors (Lipinski definition) is 1. The topological polar surface area (TPSA) is 76.8 Å². The number of anilines is 1. The quantitative estimate of drug-likeness (QED) is 0.389. The molecule has 1 aromatic carbocycles. The van der Waals surface area contributed by atoms with Gasteiger partial charge in [0.15, 0.2) is 0 Å². The van der Waals surface area contributed by atoms with Crippen molar-refractivity contribution in [1.29, 1.82) is 0 Å². The molecule has 0 amide bonds. The molecule has 0 fully saturated rings. The molecular weight excluding hydrogens is 246 g/mol. The highest BCUT2D eigenvalue weighted by Gasteiger charge is 2.13. The second-order valence-corrected chi connectivity index (χ2v) is 3.53. The predicted octanol–water partition coefficient (Wildman–Crippen LogP) is 3.03. The molecule has 0 aromatic heterocycles. The van der Waals surface area contributed by atoms with Crippen LogP contribution in [0.25, 0.3) is 0 Å². The van der Waals surface area contributed by atoms with Crippen molar-refractivity contribution in [3.8, 4) is 0 Å². The molecule has 0 radical (unpaired) electrons. The van der Waals surface area contributed by atoms with Gasteiger partial charge in [0.05, 0.1) is 11.5 Å². The molecular formula is C10H12ClN3O3. The van der Waals surface area contributed by atoms with Gasteiger partial charge in [-0.15, -0.1) is 5.10 Å². The van der Waals surface area contributed by atoms with E-state index < -0.39 is 4.92 Å². The third-order valence-electron chi connectivity index (χ3n) is 1.84. The van der Waals surface area contributed by atoms with Gasteiger partial charge in [0.25, 0.3) is 5.69 Å². The Morgan fingerprint density at radius 1 is 1.65 bits per heavy atom. The van der Waals surface area contributed by atoms with Gasteiger partial charge in [-0.25, -0.2) is 0 Å². The molecule has 1 rings (SSSR count). The van der Waals surface area contributed by atoms with Crippen molar-refractivity contribution in [2.75, 3.05) is 12.0 Å². The lowest BCUT2D eigenvalue weighted by Crippen LogP contribution is -2.03. The van der Waals surface area contributed by atoms with Crippen LogP contribution >= 0.6 is 11.6 Å². The fourth-order valence-electron chi connectivity index (χ4n) is 1.14. The Kier molecular flexibility index (Phi) is 4.71. The van der Waals surface area contributed by atoms with Crippen LogP contribution in [-0.2, 0) is 4.74 Å². The normalized spacial score (nSPS) is 11.1. The van der Waals surface area contributed by atoms with Gasteiger partial charge in [-0.3, -0.25) is 15.5 Å². The number of halogens is 1. The molecule has 1 N–H and O–H groups in total. The number of nitro groups is 1. The summed E-state index contributed by atoms with van der Waals surface area (Å²) in [7, 11) is 0. The Hall–Kier alpha value is -1.82. The molecule has 0 atom stereocenters. The highest BCUT2D eigenvalue weighted by atomic mass is 35.5. The van der Waals surface area contributed by atoms with E-state index in [1.54, 1.807) is 6.92 Å². The van der Waals surface area contributed by atoms with Crippen LogP contribution in [0.2, 0.25) is 5.02 Å². The van der Waals surface area contributed by atoms with Crippen molar-refractivity contribution >= 4 is 28.9 Å². The van der Waals surface area contributed by atoms with Gasteiger partial charge in [-0.2, -0.15) is 0 Å². The highest BCUT2D eigenvalue weighted by Crippen LogP contribution is 2.27. The maximum atomic E-state index is 10.7. The molecule has 7 heteroatoms. The Morgan fingerprint density at radius 2 is 2.35 bits per heavy atom. The molecule has 0 saturated heterocycles. The summed E-state index contributed by atoms with van der Waals surface area (Å²) >= 11 is 5.76. The number of hydrogen-bond acceptors (Lipinski definition) is 5. The van der Waals surface area contributed by atoms with Gasteiger partial charge < -0.3 is 4.74 Å². The third-order valence-corrected chi connectivity index (χ3v) is 2.08. The zero-order chi connectivity index (χ0) is 12.8. The monoisotopic (exact) mass is 257 g/mol. The average Bonchev–Trinajstić information content (AvgIpc) is 2.26. The van der Waals surface area contributed by atoms with Crippen LogP contribution in [0.3, 0.4) is 0 Å². The van der Waals surface area contributed by atoms with Crippen molar-refractivity contribution in [3.63, 3.8) is 0 Å². The summed E-state index contributed by atoms with van der Waals surface area (Å²) < 4.78 is 5.08. The van der Waals surface area contributed by atoms with Crippen LogP contribution < -0.4 is 5.43 Å². The van der Waals surface area contributed by atoms with Gasteiger partial charge >= 0.3 is 0 Å². The number of rotatable bonds is 4. The standard InChI is InChI=1S/C10H12ClN3O3/c1-3-17-7(2)12-13-9-6-8(11)4-5-10(9)14(15)16/h4-6,13H,3H2,1-2H3/b12-7+. The summed E-state index contributed by atoms with van der Waals surface area (Å²) in [4.78, 5) is 10.2. The number of hydrazone groups is 1. The molecule has 0 unspecified atom stereocenters. The zero-order valence-electron chi connectivity index (χ0n) is 9.44. The van der Waals surface area contributed by atoms with E-state index in [0.717, 1.165) is 0 Å². The summed E-state index contributed by atoms with van der Waals surface area (Å²) in [6.45, 7) is 3.95. The van der Waals surface area contributed by atoms with Crippen LogP contribution in [0.1, 0.15) is 13.8 Å². The first kappa shape index (κ1) is 13.2. The third kappa shape index (κ3) is 3.92. The highest BCUT2D eigenvalue weighted by molar-refractivity contribution is 6.31. The molecule has 17 heavy (non-hydrogen) atoms. The number of ether oxygens (including phenoxy) is 1. The Morgan fingerprint density at radius 3 is 2.94 bits per heavy atom. The molecule has 1 aromatic rings. The first-order valence-corrected chi connectivity index (χ1v) is 5.29. The Balaban J connectivity index is 2.92. The van der Waals surface area contributed by atoms with E-state index in [9.17, 15) is 10.1 Å². The van der Waals surface area contributed by atoms with Crippen molar-refractivity contribution in [2.45, 2.75) is 13.8 Å². The average molecular weight is 258 g/mol. The van der Waals surface area contributed by atoms with Gasteiger partial charge in [-0.05, 0) is 19.1 Å². The zero-order valence-corrected chi connectivity index (χ0v) is 10.2. The summed E-state index contributed by atoms with van der Waals surface area (Å²) in [5.74, 6) is 0.391. The maximum Gasteiger partial charge on any atom is 0.294 e. The van der Waals surface area contributed by atoms with E-state index >= 15 is 0 Å². The van der Waals surface area contributed by atoms with E-state index in [-0.39, 0.29) is 11.4 Å². The first-order valence-electron chi connectivity index (χ1n) is 4.91. The minimum atomic E-state index is -0.510. The van der Waals surface area contributed by atoms with Crippen LogP contribution in [0, 0.1) is 10.1 Å². The second kappa shape index (κ2) is 6.05. The number of benzene rings is 1. The van der Waals surface area contributed by atoms with E-state index in [1.807, 2.05) is 6.92 Å². The first-order chi connectivity index (χ1) is 8.04. The van der Waals surface area contributed by atoms with E-state index in [2.05, 4.69) is 10.5 Å². The molecule has 0 aliphatic rings. The lowest BCUT2D eigenvalue weighted by Gasteiger charge is -2.04. The number of nitrogens with zero attached hydrogens (tertiary/aromatic N) is 2. The summed E-state index contributed by atoms with van der Waals surface area (Å²) in [6, 6.07) is 4.20. The number of nitrogens with one attached hydrogen (secondary N) is 1. The van der Waals surface area contributed by atoms with Gasteiger partial charge in [-0.1, -0.05) is 11.6 Å². The Bertz CT molecular complexity index is 448. The molecule has 0 aliphatic heterocycles. The lowest BCUT2D eigenvalue weighted by molar-refractivity contribution is -0.384. The lowest BCUT2D eigenvalue weighted by atomic mass is 10.3. The van der Waals surface area contributed by atoms with Crippen LogP contribution in [-0.4, -0.2) is 17.4 Å². The molecule has 0 bridgehead atoms. The molecule has 0 spiro atoms. The fourth-order valence-corrected chi connectivity index (χ4v) is 1.31. The van der Waals surface area contributed by atoms with E-state index in [1.165, 1.54) is 18.2 Å². The molecule has 0 aliphatic carbocycles. The smallest absolute Gasteiger partial charge is 0.294 e. The molecule has 92 valence electrons. The molecule has 6 nitrogen and oxygen atoms in total. The largest absolute Gasteiger partial charge is 0.480 e. The Labute approximate surface area is 103 Å². The summed E-state index contributed by atoms with van der Waals surface area (Å²) in [5.41, 5.74) is 2.69. The fraction of sp³-hybridized carbons (Fsp3) is 0.300. The van der Waals surface area contributed by atoms with Crippen molar-refractivity contribution in [1.82, 2.24) is 0 Å². The van der Waals surface area contributed by atoms with Crippen LogP contribution in [0.15, 0.2) is 23.3 Å². The van der Waals surface area contributed by atoms with Crippen molar-refractivity contribution < 1.29 is 9.66 Å². The summed E-state index contributed by atoms with van der Waals surface area (Å²) in [6.07, 6.45) is 0. The van der Waals surface area contributed by atoms with Gasteiger partial charge in [0.1, 0.15) is 5.69 Å². The second-order valence-electron chi connectivity index (χ2n) is 3.09. The van der Waals surface area contributed by atoms with E-state index in [4.69, 9.17) is 16.3 Å². The summed E-state index contributed by atoms with van der Waals surface area (Å²) in [5, 5.41) is 15.0. The van der Waals surface area contributed by atoms with E-state index in [0.29, 0.717) is 17.5 Å². The van der Waals surface area contributed by atoms with Crippen molar-refractivity contribution in [3.05, 3.63) is 33.3 Å². The predicted molar refractivity (Wildman–Crippen MR) is 66.5 cm³/mol. The SMILES string of the molecule is CCO/C(C)=N/Nc1cc(Cl)ccc1[N+](=O)[O-]. The minimum absolute atomic E-state index is 0.0950.